The number of sulfonamides is 1. The van der Waals surface area contributed by atoms with Gasteiger partial charge in [0.2, 0.25) is 11.9 Å². The zero-order valence-corrected chi connectivity index (χ0v) is 20.6. The van der Waals surface area contributed by atoms with E-state index in [2.05, 4.69) is 25.4 Å². The second-order valence-electron chi connectivity index (χ2n) is 8.08. The molecule has 1 aromatic heterocycles. The van der Waals surface area contributed by atoms with Crippen molar-refractivity contribution >= 4 is 50.8 Å². The number of carbonyl (C=O) groups is 1. The first-order chi connectivity index (χ1) is 17.3. The van der Waals surface area contributed by atoms with Gasteiger partial charge in [0.25, 0.3) is 16.0 Å². The molecule has 3 aromatic carbocycles. The van der Waals surface area contributed by atoms with Gasteiger partial charge in [-0.15, -0.1) is 5.10 Å². The zero-order valence-electron chi connectivity index (χ0n) is 19.0. The Kier molecular flexibility index (Phi) is 6.21. The van der Waals surface area contributed by atoms with Crippen LogP contribution < -0.4 is 15.4 Å². The minimum Gasteiger partial charge on any atom is -0.326 e. The van der Waals surface area contributed by atoms with Crippen LogP contribution in [0, 0.1) is 0 Å². The number of rotatable bonds is 6. The van der Waals surface area contributed by atoms with Crippen molar-refractivity contribution in [3.8, 4) is 0 Å². The molecule has 36 heavy (non-hydrogen) atoms. The summed E-state index contributed by atoms with van der Waals surface area (Å²) >= 11 is 6.05. The molecule has 0 saturated carbocycles. The lowest BCUT2D eigenvalue weighted by molar-refractivity contribution is -0.114. The maximum atomic E-state index is 13.0. The first-order valence-electron chi connectivity index (χ1n) is 11.0. The Morgan fingerprint density at radius 1 is 1.00 bits per heavy atom. The lowest BCUT2D eigenvalue weighted by atomic mass is 10.0. The number of aromatic nitrogens is 3. The fourth-order valence-electron chi connectivity index (χ4n) is 3.82. The summed E-state index contributed by atoms with van der Waals surface area (Å²) in [6.07, 6.45) is 2.00. The molecule has 0 aliphatic carbocycles. The third-order valence-corrected chi connectivity index (χ3v) is 7.07. The summed E-state index contributed by atoms with van der Waals surface area (Å²) in [7, 11) is -3.97. The van der Waals surface area contributed by atoms with E-state index in [0.29, 0.717) is 16.7 Å². The van der Waals surface area contributed by atoms with Crippen molar-refractivity contribution in [2.75, 3.05) is 15.4 Å². The normalized spacial score (nSPS) is 14.8. The molecule has 9 nitrogen and oxygen atoms in total. The number of nitrogens with one attached hydrogen (secondary N) is 3. The van der Waals surface area contributed by atoms with Gasteiger partial charge in [0.1, 0.15) is 6.04 Å². The molecule has 0 saturated heterocycles. The van der Waals surface area contributed by atoms with E-state index in [1.165, 1.54) is 31.2 Å². The van der Waals surface area contributed by atoms with Crippen LogP contribution in [0.15, 0.2) is 89.8 Å². The smallest absolute Gasteiger partial charge is 0.264 e. The number of nitrogens with zero attached hydrogens (tertiary/aromatic N) is 3. The average molecular weight is 521 g/mol. The second-order valence-corrected chi connectivity index (χ2v) is 10.2. The summed E-state index contributed by atoms with van der Waals surface area (Å²) in [6, 6.07) is 22.6. The topological polar surface area (TPSA) is 118 Å². The first kappa shape index (κ1) is 23.6. The van der Waals surface area contributed by atoms with E-state index in [0.717, 1.165) is 16.8 Å². The minimum absolute atomic E-state index is 0.0110. The summed E-state index contributed by atoms with van der Waals surface area (Å²) < 4.78 is 30.0. The molecular weight excluding hydrogens is 500 g/mol. The van der Waals surface area contributed by atoms with Gasteiger partial charge in [-0.05, 0) is 53.6 Å². The third-order valence-electron chi connectivity index (χ3n) is 5.47. The Labute approximate surface area is 212 Å². The highest BCUT2D eigenvalue weighted by molar-refractivity contribution is 7.92. The lowest BCUT2D eigenvalue weighted by Crippen LogP contribution is -2.20. The van der Waals surface area contributed by atoms with Gasteiger partial charge in [-0.3, -0.25) is 4.79 Å². The third kappa shape index (κ3) is 4.95. The van der Waals surface area contributed by atoms with Crippen LogP contribution in [0.5, 0.6) is 0 Å². The van der Waals surface area contributed by atoms with Gasteiger partial charge >= 0.3 is 0 Å². The lowest BCUT2D eigenvalue weighted by Gasteiger charge is -2.24. The van der Waals surface area contributed by atoms with Crippen LogP contribution in [0.3, 0.4) is 0 Å². The Morgan fingerprint density at radius 2 is 1.69 bits per heavy atom. The van der Waals surface area contributed by atoms with Crippen LogP contribution in [-0.4, -0.2) is 29.1 Å². The standard InChI is InChI=1S/C25H21ClN6O3S/c1-16(33)27-20-11-13-21(14-12-20)36(34,35)31-24-29-25-28-22(17-7-9-19(26)10-8-17)15-23(32(25)30-24)18-5-3-2-4-6-18/h2-15,23H,1H3,(H,27,33)(H2,28,29,30,31)/t23-/m0/s1. The average Bonchev–Trinajstić information content (AvgIpc) is 3.26. The van der Waals surface area contributed by atoms with Gasteiger partial charge in [-0.1, -0.05) is 54.1 Å². The summed E-state index contributed by atoms with van der Waals surface area (Å²) in [4.78, 5) is 15.6. The summed E-state index contributed by atoms with van der Waals surface area (Å²) in [5.41, 5.74) is 3.15. The number of benzene rings is 3. The number of hydrogen-bond acceptors (Lipinski definition) is 6. The number of fused-ring (bicyclic) bond motifs is 1. The van der Waals surface area contributed by atoms with Gasteiger partial charge in [0, 0.05) is 23.3 Å². The molecule has 1 aliphatic rings. The van der Waals surface area contributed by atoms with Crippen molar-refractivity contribution in [3.63, 3.8) is 0 Å². The molecular formula is C25H21ClN6O3S. The van der Waals surface area contributed by atoms with E-state index in [1.807, 2.05) is 48.5 Å². The maximum Gasteiger partial charge on any atom is 0.264 e. The monoisotopic (exact) mass is 520 g/mol. The molecule has 182 valence electrons. The Balaban J connectivity index is 1.46. The van der Waals surface area contributed by atoms with E-state index in [9.17, 15) is 13.2 Å². The van der Waals surface area contributed by atoms with E-state index in [-0.39, 0.29) is 22.8 Å². The van der Waals surface area contributed by atoms with E-state index < -0.39 is 10.0 Å². The molecule has 1 aliphatic heterocycles. The van der Waals surface area contributed by atoms with Crippen LogP contribution in [-0.2, 0) is 14.8 Å². The first-order valence-corrected chi connectivity index (χ1v) is 12.8. The highest BCUT2D eigenvalue weighted by Gasteiger charge is 2.27. The molecule has 0 radical (unpaired) electrons. The SMILES string of the molecule is CC(=O)Nc1ccc(S(=O)(=O)Nc2nc3n(n2)[C@H](c2ccccc2)C=C(c2ccc(Cl)cc2)N3)cc1. The largest absolute Gasteiger partial charge is 0.326 e. The number of anilines is 3. The molecule has 2 heterocycles. The molecule has 0 fully saturated rings. The maximum absolute atomic E-state index is 13.0. The minimum atomic E-state index is -3.97. The highest BCUT2D eigenvalue weighted by atomic mass is 35.5. The van der Waals surface area contributed by atoms with Crippen molar-refractivity contribution < 1.29 is 13.2 Å². The summed E-state index contributed by atoms with van der Waals surface area (Å²) in [5, 5.41) is 10.9. The molecule has 0 bridgehead atoms. The number of allylic oxidation sites excluding steroid dienone is 1. The molecule has 4 aromatic rings. The Morgan fingerprint density at radius 3 is 2.36 bits per heavy atom. The predicted octanol–water partition coefficient (Wildman–Crippen LogP) is 4.75. The Hall–Kier alpha value is -4.15. The quantitative estimate of drug-likeness (QED) is 0.338. The van der Waals surface area contributed by atoms with Crippen LogP contribution >= 0.6 is 11.6 Å². The molecule has 0 unspecified atom stereocenters. The molecule has 3 N–H and O–H groups in total. The molecule has 5 rings (SSSR count). The van der Waals surface area contributed by atoms with Gasteiger partial charge in [0.05, 0.1) is 4.90 Å². The van der Waals surface area contributed by atoms with E-state index in [1.54, 1.807) is 16.8 Å². The van der Waals surface area contributed by atoms with Crippen LogP contribution in [0.1, 0.15) is 24.1 Å². The van der Waals surface area contributed by atoms with E-state index in [4.69, 9.17) is 11.6 Å². The summed E-state index contributed by atoms with van der Waals surface area (Å²) in [6.45, 7) is 1.38. The second kappa shape index (κ2) is 9.48. The highest BCUT2D eigenvalue weighted by Crippen LogP contribution is 2.33. The van der Waals surface area contributed by atoms with Crippen LogP contribution in [0.2, 0.25) is 5.02 Å². The Bertz CT molecular complexity index is 1550. The van der Waals surface area contributed by atoms with Crippen molar-refractivity contribution in [2.24, 2.45) is 0 Å². The predicted molar refractivity (Wildman–Crippen MR) is 139 cm³/mol. The van der Waals surface area contributed by atoms with E-state index >= 15 is 0 Å². The number of hydrogen-bond donors (Lipinski definition) is 3. The van der Waals surface area contributed by atoms with Gasteiger partial charge in [0.15, 0.2) is 0 Å². The van der Waals surface area contributed by atoms with Crippen molar-refractivity contribution in [1.29, 1.82) is 0 Å². The summed E-state index contributed by atoms with van der Waals surface area (Å²) in [5.74, 6) is 0.0636. The zero-order chi connectivity index (χ0) is 25.3. The van der Waals surface area contributed by atoms with Crippen LogP contribution in [0.25, 0.3) is 5.70 Å². The molecule has 1 amide bonds. The number of halogens is 1. The number of carbonyl (C=O) groups excluding carboxylic acids is 1. The van der Waals surface area contributed by atoms with Gasteiger partial charge < -0.3 is 10.6 Å². The fraction of sp³-hybridized carbons (Fsp3) is 0.0800. The van der Waals surface area contributed by atoms with Gasteiger partial charge in [-0.2, -0.15) is 4.98 Å². The molecule has 1 atom stereocenters. The molecule has 11 heteroatoms. The van der Waals surface area contributed by atoms with Crippen molar-refractivity contribution in [3.05, 3.63) is 101 Å². The molecule has 0 spiro atoms. The number of amides is 1. The fourth-order valence-corrected chi connectivity index (χ4v) is 4.89. The van der Waals surface area contributed by atoms with Crippen molar-refractivity contribution in [1.82, 2.24) is 14.8 Å². The van der Waals surface area contributed by atoms with Crippen LogP contribution in [0.4, 0.5) is 17.6 Å². The van der Waals surface area contributed by atoms with Crippen molar-refractivity contribution in [2.45, 2.75) is 17.9 Å². The van der Waals surface area contributed by atoms with Gasteiger partial charge in [-0.25, -0.2) is 17.8 Å².